The molecular weight excluding hydrogens is 340 g/mol. The van der Waals surface area contributed by atoms with Gasteiger partial charge in [0, 0.05) is 44.3 Å². The van der Waals surface area contributed by atoms with Crippen LogP contribution >= 0.6 is 0 Å². The zero-order chi connectivity index (χ0) is 18.7. The Bertz CT molecular complexity index is 813. The van der Waals surface area contributed by atoms with Crippen molar-refractivity contribution in [2.24, 2.45) is 0 Å². The molecule has 3 rings (SSSR count). The molecule has 0 N–H and O–H groups in total. The van der Waals surface area contributed by atoms with Gasteiger partial charge in [-0.1, -0.05) is 0 Å². The fraction of sp³-hybridized carbons (Fsp3) is 0.368. The summed E-state index contributed by atoms with van der Waals surface area (Å²) in [5.74, 6) is -3.02. The lowest BCUT2D eigenvalue weighted by Crippen LogP contribution is -2.36. The van der Waals surface area contributed by atoms with Crippen molar-refractivity contribution in [1.82, 2.24) is 9.88 Å². The Morgan fingerprint density at radius 2 is 1.92 bits per heavy atom. The monoisotopic (exact) mass is 361 g/mol. The van der Waals surface area contributed by atoms with Crippen LogP contribution < -0.4 is 9.64 Å². The number of hydrogen-bond acceptors (Lipinski definition) is 4. The van der Waals surface area contributed by atoms with E-state index in [1.165, 1.54) is 19.2 Å². The Labute approximate surface area is 151 Å². The van der Waals surface area contributed by atoms with Crippen LogP contribution in [-0.2, 0) is 0 Å². The summed E-state index contributed by atoms with van der Waals surface area (Å²) in [5.41, 5.74) is 1.88. The molecule has 1 aliphatic heterocycles. The van der Waals surface area contributed by atoms with Gasteiger partial charge in [-0.25, -0.2) is 4.39 Å². The van der Waals surface area contributed by atoms with Crippen molar-refractivity contribution >= 4 is 11.6 Å². The van der Waals surface area contributed by atoms with Crippen molar-refractivity contribution < 1.29 is 18.3 Å². The Morgan fingerprint density at radius 3 is 2.65 bits per heavy atom. The number of ether oxygens (including phenoxy) is 1. The van der Waals surface area contributed by atoms with E-state index in [0.717, 1.165) is 24.2 Å². The number of carbonyl (C=O) groups is 1. The van der Waals surface area contributed by atoms with E-state index in [0.29, 0.717) is 19.6 Å². The number of halogens is 2. The van der Waals surface area contributed by atoms with Gasteiger partial charge in [0.15, 0.2) is 11.6 Å². The summed E-state index contributed by atoms with van der Waals surface area (Å²) >= 11 is 0. The first-order chi connectivity index (χ1) is 12.5. The fourth-order valence-corrected chi connectivity index (χ4v) is 3.21. The highest BCUT2D eigenvalue weighted by molar-refractivity contribution is 5.94. The Balaban J connectivity index is 1.76. The molecule has 5 nitrogen and oxygen atoms in total. The van der Waals surface area contributed by atoms with Gasteiger partial charge in [-0.2, -0.15) is 4.39 Å². The van der Waals surface area contributed by atoms with Crippen LogP contribution in [0.25, 0.3) is 0 Å². The largest absolute Gasteiger partial charge is 0.494 e. The predicted octanol–water partition coefficient (Wildman–Crippen LogP) is 3.03. The molecule has 1 amide bonds. The lowest BCUT2D eigenvalue weighted by Gasteiger charge is -2.25. The molecule has 0 unspecified atom stereocenters. The second-order valence-electron chi connectivity index (χ2n) is 6.24. The highest BCUT2D eigenvalue weighted by Crippen LogP contribution is 2.24. The van der Waals surface area contributed by atoms with Crippen LogP contribution in [0.3, 0.4) is 0 Å². The number of methoxy groups -OCH3 is 1. The second-order valence-corrected chi connectivity index (χ2v) is 6.24. The standard InChI is InChI=1S/C19H21F2N3O2/c1-13-12-22-7-6-15(13)23-8-3-9-24(11-10-23)19(25)14-4-5-16(26-2)18(21)17(14)20/h4-7,12H,3,8-11H2,1-2H3. The molecule has 0 atom stereocenters. The quantitative estimate of drug-likeness (QED) is 0.843. The number of anilines is 1. The van der Waals surface area contributed by atoms with Gasteiger partial charge in [0.2, 0.25) is 5.82 Å². The van der Waals surface area contributed by atoms with Crippen LogP contribution in [0.2, 0.25) is 0 Å². The van der Waals surface area contributed by atoms with Gasteiger partial charge in [-0.3, -0.25) is 9.78 Å². The zero-order valence-corrected chi connectivity index (χ0v) is 14.8. The van der Waals surface area contributed by atoms with Crippen LogP contribution in [0.4, 0.5) is 14.5 Å². The van der Waals surface area contributed by atoms with E-state index in [9.17, 15) is 13.6 Å². The molecule has 7 heteroatoms. The van der Waals surface area contributed by atoms with Crippen molar-refractivity contribution in [2.75, 3.05) is 38.2 Å². The van der Waals surface area contributed by atoms with E-state index >= 15 is 0 Å². The van der Waals surface area contributed by atoms with Crippen LogP contribution in [0, 0.1) is 18.6 Å². The first-order valence-corrected chi connectivity index (χ1v) is 8.49. The number of pyridine rings is 1. The van der Waals surface area contributed by atoms with Crippen LogP contribution in [0.5, 0.6) is 5.75 Å². The lowest BCUT2D eigenvalue weighted by atomic mass is 10.1. The van der Waals surface area contributed by atoms with E-state index in [4.69, 9.17) is 4.74 Å². The van der Waals surface area contributed by atoms with Crippen molar-refractivity contribution in [3.8, 4) is 5.75 Å². The molecule has 0 aliphatic carbocycles. The molecular formula is C19H21F2N3O2. The number of carbonyl (C=O) groups excluding carboxylic acids is 1. The molecule has 2 heterocycles. The SMILES string of the molecule is COc1ccc(C(=O)N2CCCN(c3ccncc3C)CC2)c(F)c1F. The molecule has 1 aromatic heterocycles. The number of aromatic nitrogens is 1. The number of hydrogen-bond donors (Lipinski definition) is 0. The van der Waals surface area contributed by atoms with E-state index < -0.39 is 17.5 Å². The van der Waals surface area contributed by atoms with Crippen LogP contribution in [0.1, 0.15) is 22.3 Å². The third-order valence-corrected chi connectivity index (χ3v) is 4.61. The molecule has 0 saturated carbocycles. The first kappa shape index (κ1) is 18.1. The molecule has 1 aliphatic rings. The van der Waals surface area contributed by atoms with Gasteiger partial charge in [-0.05, 0) is 37.1 Å². The van der Waals surface area contributed by atoms with Gasteiger partial charge >= 0.3 is 0 Å². The number of nitrogens with zero attached hydrogens (tertiary/aromatic N) is 3. The smallest absolute Gasteiger partial charge is 0.257 e. The lowest BCUT2D eigenvalue weighted by molar-refractivity contribution is 0.0761. The van der Waals surface area contributed by atoms with Crippen molar-refractivity contribution in [1.29, 1.82) is 0 Å². The minimum Gasteiger partial charge on any atom is -0.494 e. The summed E-state index contributed by atoms with van der Waals surface area (Å²) in [5, 5.41) is 0. The van der Waals surface area contributed by atoms with Gasteiger partial charge < -0.3 is 14.5 Å². The number of rotatable bonds is 3. The van der Waals surface area contributed by atoms with E-state index in [2.05, 4.69) is 9.88 Å². The Hall–Kier alpha value is -2.70. The van der Waals surface area contributed by atoms with Gasteiger partial charge in [0.25, 0.3) is 5.91 Å². The maximum Gasteiger partial charge on any atom is 0.257 e. The molecule has 138 valence electrons. The minimum atomic E-state index is -1.17. The van der Waals surface area contributed by atoms with Crippen molar-refractivity contribution in [2.45, 2.75) is 13.3 Å². The van der Waals surface area contributed by atoms with Crippen LogP contribution in [-0.4, -0.2) is 49.1 Å². The summed E-state index contributed by atoms with van der Waals surface area (Å²) < 4.78 is 32.9. The molecule has 0 spiro atoms. The highest BCUT2D eigenvalue weighted by atomic mass is 19.2. The number of benzene rings is 1. The van der Waals surface area contributed by atoms with Crippen LogP contribution in [0.15, 0.2) is 30.6 Å². The Morgan fingerprint density at radius 1 is 1.12 bits per heavy atom. The molecule has 2 aromatic rings. The predicted molar refractivity (Wildman–Crippen MR) is 94.6 cm³/mol. The molecule has 26 heavy (non-hydrogen) atoms. The minimum absolute atomic E-state index is 0.214. The topological polar surface area (TPSA) is 45.7 Å². The fourth-order valence-electron chi connectivity index (χ4n) is 3.21. The average molecular weight is 361 g/mol. The maximum atomic E-state index is 14.2. The average Bonchev–Trinajstić information content (AvgIpc) is 2.90. The van der Waals surface area contributed by atoms with E-state index in [-0.39, 0.29) is 11.3 Å². The van der Waals surface area contributed by atoms with E-state index in [1.807, 2.05) is 13.0 Å². The molecule has 1 fully saturated rings. The summed E-state index contributed by atoms with van der Waals surface area (Å²) in [6, 6.07) is 4.50. The maximum absolute atomic E-state index is 14.2. The summed E-state index contributed by atoms with van der Waals surface area (Å²) in [4.78, 5) is 20.5. The number of aryl methyl sites for hydroxylation is 1. The highest BCUT2D eigenvalue weighted by Gasteiger charge is 2.25. The molecule has 0 bridgehead atoms. The molecule has 1 aromatic carbocycles. The first-order valence-electron chi connectivity index (χ1n) is 8.49. The second kappa shape index (κ2) is 7.68. The summed E-state index contributed by atoms with van der Waals surface area (Å²) in [7, 11) is 1.25. The van der Waals surface area contributed by atoms with Gasteiger partial charge in [0.05, 0.1) is 12.7 Å². The van der Waals surface area contributed by atoms with Crippen molar-refractivity contribution in [3.05, 3.63) is 53.4 Å². The Kier molecular flexibility index (Phi) is 5.35. The third kappa shape index (κ3) is 3.47. The van der Waals surface area contributed by atoms with E-state index in [1.54, 1.807) is 17.3 Å². The summed E-state index contributed by atoms with van der Waals surface area (Å²) in [6.45, 7) is 4.33. The molecule has 0 radical (unpaired) electrons. The zero-order valence-electron chi connectivity index (χ0n) is 14.8. The number of amides is 1. The van der Waals surface area contributed by atoms with Gasteiger partial charge in [-0.15, -0.1) is 0 Å². The summed E-state index contributed by atoms with van der Waals surface area (Å²) in [6.07, 6.45) is 4.29. The molecule has 1 saturated heterocycles. The normalized spacial score (nSPS) is 14.9. The third-order valence-electron chi connectivity index (χ3n) is 4.61. The van der Waals surface area contributed by atoms with Gasteiger partial charge in [0.1, 0.15) is 0 Å². The van der Waals surface area contributed by atoms with Crippen molar-refractivity contribution in [3.63, 3.8) is 0 Å².